The number of aromatic nitrogens is 1. The molecule has 28 heavy (non-hydrogen) atoms. The molecule has 1 saturated heterocycles. The molecule has 0 aliphatic carbocycles. The van der Waals surface area contributed by atoms with Crippen LogP contribution in [0.15, 0.2) is 47.4 Å². The highest BCUT2D eigenvalue weighted by molar-refractivity contribution is 6.01. The van der Waals surface area contributed by atoms with Gasteiger partial charge in [-0.05, 0) is 5.56 Å². The molecule has 3 rings (SSSR count). The number of amides is 2. The van der Waals surface area contributed by atoms with E-state index in [-0.39, 0.29) is 5.56 Å². The molecule has 2 N–H and O–H groups in total. The number of nitrogens with zero attached hydrogens (tertiary/aromatic N) is 2. The first-order valence-electron chi connectivity index (χ1n) is 8.44. The van der Waals surface area contributed by atoms with Gasteiger partial charge in [-0.15, -0.1) is 0 Å². The topological polar surface area (TPSA) is 106 Å². The Hall–Kier alpha value is -3.54. The summed E-state index contributed by atoms with van der Waals surface area (Å²) in [6.45, 7) is -1.39. The number of rotatable bonds is 4. The molecule has 144 valence electrons. The van der Waals surface area contributed by atoms with Gasteiger partial charge in [0.15, 0.2) is 0 Å². The van der Waals surface area contributed by atoms with Gasteiger partial charge in [0.25, 0.3) is 11.8 Å². The van der Waals surface area contributed by atoms with Gasteiger partial charge in [-0.25, -0.2) is 8.78 Å². The molecule has 0 saturated carbocycles. The van der Waals surface area contributed by atoms with Crippen LogP contribution in [0, 0.1) is 11.3 Å². The van der Waals surface area contributed by atoms with Crippen molar-refractivity contribution in [2.75, 3.05) is 13.1 Å². The maximum atomic E-state index is 13.5. The fraction of sp³-hybridized carbons (Fsp3) is 0.263. The number of carbonyl (C=O) groups excluding carboxylic acids is 2. The number of benzene rings is 1. The van der Waals surface area contributed by atoms with Crippen molar-refractivity contribution in [3.05, 3.63) is 58.5 Å². The Morgan fingerprint density at radius 2 is 2.04 bits per heavy atom. The zero-order valence-corrected chi connectivity index (χ0v) is 14.6. The van der Waals surface area contributed by atoms with Gasteiger partial charge in [0.2, 0.25) is 11.5 Å². The van der Waals surface area contributed by atoms with Crippen LogP contribution in [0.25, 0.3) is 11.1 Å². The summed E-state index contributed by atoms with van der Waals surface area (Å²) in [6.07, 6.45) is 0.508. The SMILES string of the molecule is N#CC1CC(F)(F)CN1C(=O)CNC(=O)c1c[nH]c(=O)cc1-c1ccccc1. The third-order valence-corrected chi connectivity index (χ3v) is 4.39. The molecular weight excluding hydrogens is 370 g/mol. The lowest BCUT2D eigenvalue weighted by atomic mass is 10.0. The molecule has 0 bridgehead atoms. The maximum absolute atomic E-state index is 13.5. The van der Waals surface area contributed by atoms with Gasteiger partial charge in [0, 0.05) is 24.2 Å². The third kappa shape index (κ3) is 4.06. The highest BCUT2D eigenvalue weighted by atomic mass is 19.3. The monoisotopic (exact) mass is 386 g/mol. The molecular formula is C19H16F2N4O3. The minimum Gasteiger partial charge on any atom is -0.343 e. The van der Waals surface area contributed by atoms with Crippen LogP contribution in [0.4, 0.5) is 8.78 Å². The van der Waals surface area contributed by atoms with E-state index in [0.29, 0.717) is 11.1 Å². The molecule has 0 radical (unpaired) electrons. The summed E-state index contributed by atoms with van der Waals surface area (Å²) >= 11 is 0. The second-order valence-corrected chi connectivity index (χ2v) is 6.40. The molecule has 1 aliphatic rings. The standard InChI is InChI=1S/C19H16F2N4O3/c20-19(21)7-13(8-22)25(11-19)17(27)10-24-18(28)15-9-23-16(26)6-14(15)12-4-2-1-3-5-12/h1-6,9,13H,7,10-11H2,(H,23,26)(H,24,28). The second-order valence-electron chi connectivity index (χ2n) is 6.40. The third-order valence-electron chi connectivity index (χ3n) is 4.39. The van der Waals surface area contributed by atoms with E-state index in [1.54, 1.807) is 36.4 Å². The Morgan fingerprint density at radius 1 is 1.32 bits per heavy atom. The number of carbonyl (C=O) groups is 2. The van der Waals surface area contributed by atoms with E-state index >= 15 is 0 Å². The predicted molar refractivity (Wildman–Crippen MR) is 95.5 cm³/mol. The number of nitrogens with one attached hydrogen (secondary N) is 2. The summed E-state index contributed by atoms with van der Waals surface area (Å²) in [4.78, 5) is 39.6. The quantitative estimate of drug-likeness (QED) is 0.831. The predicted octanol–water partition coefficient (Wildman–Crippen LogP) is 1.53. The van der Waals surface area contributed by atoms with Gasteiger partial charge in [0.1, 0.15) is 6.04 Å². The molecule has 2 amide bonds. The van der Waals surface area contributed by atoms with Crippen molar-refractivity contribution in [3.8, 4) is 17.2 Å². The lowest BCUT2D eigenvalue weighted by molar-refractivity contribution is -0.131. The number of nitriles is 1. The summed E-state index contributed by atoms with van der Waals surface area (Å²) < 4.78 is 26.9. The van der Waals surface area contributed by atoms with Crippen molar-refractivity contribution in [3.63, 3.8) is 0 Å². The van der Waals surface area contributed by atoms with E-state index in [4.69, 9.17) is 5.26 Å². The number of halogens is 2. The molecule has 1 aromatic carbocycles. The molecule has 1 aromatic heterocycles. The van der Waals surface area contributed by atoms with Crippen molar-refractivity contribution in [2.24, 2.45) is 0 Å². The number of pyridine rings is 1. The number of H-pyrrole nitrogens is 1. The highest BCUT2D eigenvalue weighted by Gasteiger charge is 2.47. The number of likely N-dealkylation sites (tertiary alicyclic amines) is 1. The minimum atomic E-state index is -3.13. The summed E-state index contributed by atoms with van der Waals surface area (Å²) in [6, 6.07) is 10.4. The van der Waals surface area contributed by atoms with E-state index in [9.17, 15) is 23.2 Å². The summed E-state index contributed by atoms with van der Waals surface area (Å²) in [5.74, 6) is -4.55. The Balaban J connectivity index is 1.75. The Morgan fingerprint density at radius 3 is 2.71 bits per heavy atom. The van der Waals surface area contributed by atoms with Crippen molar-refractivity contribution in [1.82, 2.24) is 15.2 Å². The Bertz CT molecular complexity index is 998. The maximum Gasteiger partial charge on any atom is 0.268 e. The van der Waals surface area contributed by atoms with Crippen LogP contribution in [0.1, 0.15) is 16.8 Å². The van der Waals surface area contributed by atoms with Crippen LogP contribution in [0.5, 0.6) is 0 Å². The normalized spacial score (nSPS) is 17.8. The van der Waals surface area contributed by atoms with Crippen LogP contribution in [-0.4, -0.2) is 46.8 Å². The molecule has 2 aromatic rings. The average Bonchev–Trinajstić information content (AvgIpc) is 3.01. The van der Waals surface area contributed by atoms with Crippen LogP contribution < -0.4 is 10.9 Å². The van der Waals surface area contributed by atoms with Gasteiger partial charge in [-0.1, -0.05) is 30.3 Å². The van der Waals surface area contributed by atoms with Crippen molar-refractivity contribution < 1.29 is 18.4 Å². The first-order chi connectivity index (χ1) is 13.3. The molecule has 2 heterocycles. The molecule has 9 heteroatoms. The highest BCUT2D eigenvalue weighted by Crippen LogP contribution is 2.31. The number of aromatic amines is 1. The van der Waals surface area contributed by atoms with Gasteiger partial charge < -0.3 is 15.2 Å². The number of hydrogen-bond donors (Lipinski definition) is 2. The van der Waals surface area contributed by atoms with Crippen LogP contribution in [0.3, 0.4) is 0 Å². The van der Waals surface area contributed by atoms with E-state index in [1.807, 2.05) is 0 Å². The second kappa shape index (κ2) is 7.60. The molecule has 1 fully saturated rings. The zero-order chi connectivity index (χ0) is 20.3. The number of alkyl halides is 2. The summed E-state index contributed by atoms with van der Waals surface area (Å²) in [5.41, 5.74) is 0.732. The lowest BCUT2D eigenvalue weighted by Crippen LogP contribution is -2.43. The van der Waals surface area contributed by atoms with Crippen molar-refractivity contribution in [1.29, 1.82) is 5.26 Å². The van der Waals surface area contributed by atoms with E-state index in [0.717, 1.165) is 4.90 Å². The van der Waals surface area contributed by atoms with Gasteiger partial charge >= 0.3 is 0 Å². The molecule has 0 spiro atoms. The first-order valence-corrected chi connectivity index (χ1v) is 8.44. The van der Waals surface area contributed by atoms with Gasteiger partial charge in [-0.2, -0.15) is 5.26 Å². The van der Waals surface area contributed by atoms with Crippen LogP contribution >= 0.6 is 0 Å². The number of hydrogen-bond acceptors (Lipinski definition) is 4. The van der Waals surface area contributed by atoms with Crippen LogP contribution in [-0.2, 0) is 4.79 Å². The lowest BCUT2D eigenvalue weighted by Gasteiger charge is -2.19. The van der Waals surface area contributed by atoms with Gasteiger partial charge in [-0.3, -0.25) is 14.4 Å². The van der Waals surface area contributed by atoms with E-state index in [1.165, 1.54) is 12.3 Å². The fourth-order valence-electron chi connectivity index (χ4n) is 3.06. The first kappa shape index (κ1) is 19.2. The smallest absolute Gasteiger partial charge is 0.268 e. The Kier molecular flexibility index (Phi) is 5.22. The van der Waals surface area contributed by atoms with Crippen molar-refractivity contribution in [2.45, 2.75) is 18.4 Å². The minimum absolute atomic E-state index is 0.127. The van der Waals surface area contributed by atoms with Crippen molar-refractivity contribution >= 4 is 11.8 Å². The molecule has 1 unspecified atom stereocenters. The Labute approximate surface area is 158 Å². The zero-order valence-electron chi connectivity index (χ0n) is 14.6. The molecule has 1 atom stereocenters. The fourth-order valence-corrected chi connectivity index (χ4v) is 3.06. The summed E-state index contributed by atoms with van der Waals surface area (Å²) in [5, 5.41) is 11.3. The van der Waals surface area contributed by atoms with Gasteiger partial charge in [0.05, 0.1) is 24.7 Å². The van der Waals surface area contributed by atoms with E-state index < -0.39 is 48.8 Å². The molecule has 1 aliphatic heterocycles. The average molecular weight is 386 g/mol. The summed E-state index contributed by atoms with van der Waals surface area (Å²) in [7, 11) is 0. The van der Waals surface area contributed by atoms with E-state index in [2.05, 4.69) is 10.3 Å². The van der Waals surface area contributed by atoms with Crippen LogP contribution in [0.2, 0.25) is 0 Å². The largest absolute Gasteiger partial charge is 0.343 e. The molecule has 7 nitrogen and oxygen atoms in total.